The summed E-state index contributed by atoms with van der Waals surface area (Å²) in [4.78, 5) is 12.4. The highest BCUT2D eigenvalue weighted by molar-refractivity contribution is 6.32. The summed E-state index contributed by atoms with van der Waals surface area (Å²) in [6.07, 6.45) is 1.84. The van der Waals surface area contributed by atoms with E-state index in [4.69, 9.17) is 25.8 Å². The van der Waals surface area contributed by atoms with Crippen LogP contribution in [-0.2, 0) is 4.74 Å². The fraction of sp³-hybridized carbons (Fsp3) is 0.167. The summed E-state index contributed by atoms with van der Waals surface area (Å²) in [7, 11) is 0. The molecule has 2 heterocycles. The summed E-state index contributed by atoms with van der Waals surface area (Å²) in [5, 5.41) is 0.570. The molecule has 1 atom stereocenters. The lowest BCUT2D eigenvalue weighted by Gasteiger charge is -2.05. The Labute approximate surface area is 138 Å². The van der Waals surface area contributed by atoms with Gasteiger partial charge in [-0.25, -0.2) is 0 Å². The van der Waals surface area contributed by atoms with E-state index in [-0.39, 0.29) is 17.6 Å². The molecule has 0 spiro atoms. The van der Waals surface area contributed by atoms with Gasteiger partial charge in [-0.05, 0) is 29.8 Å². The van der Waals surface area contributed by atoms with E-state index in [1.165, 1.54) is 0 Å². The van der Waals surface area contributed by atoms with E-state index in [9.17, 15) is 4.79 Å². The minimum Gasteiger partial charge on any atom is -0.491 e. The standard InChI is InChI=1S/C18H13ClO4/c19-15-4-2-1-3-11(15)7-17-18(20)14-6-5-12(8-16(14)23-17)21-9-13-10-22-13/h1-8,13H,9-10H2/b17-7-/t13-/m0/s1. The molecule has 0 N–H and O–H groups in total. The molecule has 0 amide bonds. The van der Waals surface area contributed by atoms with Gasteiger partial charge in [0.05, 0.1) is 12.2 Å². The second-order valence-electron chi connectivity index (χ2n) is 5.39. The second-order valence-corrected chi connectivity index (χ2v) is 5.79. The lowest BCUT2D eigenvalue weighted by atomic mass is 10.1. The van der Waals surface area contributed by atoms with E-state index < -0.39 is 0 Å². The van der Waals surface area contributed by atoms with Crippen molar-refractivity contribution in [1.82, 2.24) is 0 Å². The van der Waals surface area contributed by atoms with Gasteiger partial charge in [-0.2, -0.15) is 0 Å². The predicted octanol–water partition coefficient (Wildman–Crippen LogP) is 3.73. The van der Waals surface area contributed by atoms with E-state index in [2.05, 4.69) is 0 Å². The van der Waals surface area contributed by atoms with Crippen LogP contribution in [0, 0.1) is 0 Å². The zero-order chi connectivity index (χ0) is 15.8. The van der Waals surface area contributed by atoms with Gasteiger partial charge in [0.2, 0.25) is 5.78 Å². The van der Waals surface area contributed by atoms with Crippen LogP contribution in [0.1, 0.15) is 15.9 Å². The van der Waals surface area contributed by atoms with Crippen molar-refractivity contribution in [3.05, 3.63) is 64.4 Å². The SMILES string of the molecule is O=C1/C(=C/c2ccccc2Cl)Oc2cc(OC[C@H]3CO3)ccc21. The number of ether oxygens (including phenoxy) is 3. The molecule has 0 unspecified atom stereocenters. The third kappa shape index (κ3) is 2.96. The van der Waals surface area contributed by atoms with Crippen molar-refractivity contribution in [2.75, 3.05) is 13.2 Å². The van der Waals surface area contributed by atoms with E-state index in [0.29, 0.717) is 28.7 Å². The average Bonchev–Trinajstić information content (AvgIpc) is 3.33. The van der Waals surface area contributed by atoms with Crippen LogP contribution in [0.4, 0.5) is 0 Å². The van der Waals surface area contributed by atoms with Gasteiger partial charge in [0, 0.05) is 11.1 Å². The third-order valence-electron chi connectivity index (χ3n) is 3.67. The molecule has 4 rings (SSSR count). The van der Waals surface area contributed by atoms with E-state index in [1.54, 1.807) is 30.3 Å². The molecule has 0 saturated carbocycles. The first-order chi connectivity index (χ1) is 11.2. The number of benzene rings is 2. The van der Waals surface area contributed by atoms with Gasteiger partial charge in [-0.1, -0.05) is 29.8 Å². The fourth-order valence-electron chi connectivity index (χ4n) is 2.34. The summed E-state index contributed by atoms with van der Waals surface area (Å²) in [5.74, 6) is 1.27. The Balaban J connectivity index is 1.58. The topological polar surface area (TPSA) is 48.1 Å². The zero-order valence-corrected chi connectivity index (χ0v) is 12.9. The highest BCUT2D eigenvalue weighted by Crippen LogP contribution is 2.35. The lowest BCUT2D eigenvalue weighted by Crippen LogP contribution is -2.03. The molecule has 2 aromatic rings. The van der Waals surface area contributed by atoms with Crippen LogP contribution in [0.15, 0.2) is 48.2 Å². The summed E-state index contributed by atoms with van der Waals surface area (Å²) in [5.41, 5.74) is 1.27. The molecule has 4 nitrogen and oxygen atoms in total. The molecule has 0 radical (unpaired) electrons. The van der Waals surface area contributed by atoms with Gasteiger partial charge in [-0.15, -0.1) is 0 Å². The largest absolute Gasteiger partial charge is 0.491 e. The molecular weight excluding hydrogens is 316 g/mol. The number of allylic oxidation sites excluding steroid dienone is 1. The summed E-state index contributed by atoms with van der Waals surface area (Å²) >= 11 is 6.12. The monoisotopic (exact) mass is 328 g/mol. The second kappa shape index (κ2) is 5.72. The van der Waals surface area contributed by atoms with Gasteiger partial charge >= 0.3 is 0 Å². The number of epoxide rings is 1. The smallest absolute Gasteiger partial charge is 0.231 e. The number of fused-ring (bicyclic) bond motifs is 1. The average molecular weight is 329 g/mol. The minimum atomic E-state index is -0.156. The Morgan fingerprint density at radius 3 is 2.87 bits per heavy atom. The molecule has 116 valence electrons. The highest BCUT2D eigenvalue weighted by Gasteiger charge is 2.28. The number of carbonyl (C=O) groups excluding carboxylic acids is 1. The number of hydrogen-bond donors (Lipinski definition) is 0. The molecule has 0 aromatic heterocycles. The van der Waals surface area contributed by atoms with Gasteiger partial charge in [0.25, 0.3) is 0 Å². The number of hydrogen-bond acceptors (Lipinski definition) is 4. The van der Waals surface area contributed by atoms with Crippen molar-refractivity contribution in [1.29, 1.82) is 0 Å². The molecule has 0 bridgehead atoms. The molecule has 23 heavy (non-hydrogen) atoms. The molecule has 1 saturated heterocycles. The molecule has 0 aliphatic carbocycles. The maximum atomic E-state index is 12.4. The van der Waals surface area contributed by atoms with E-state index in [1.807, 2.05) is 18.2 Å². The quantitative estimate of drug-likeness (QED) is 0.634. The summed E-state index contributed by atoms with van der Waals surface area (Å²) in [6, 6.07) is 12.5. The zero-order valence-electron chi connectivity index (χ0n) is 12.1. The molecule has 2 aliphatic rings. The van der Waals surface area contributed by atoms with Crippen molar-refractivity contribution < 1.29 is 19.0 Å². The third-order valence-corrected chi connectivity index (χ3v) is 4.02. The van der Waals surface area contributed by atoms with Crippen molar-refractivity contribution in [2.24, 2.45) is 0 Å². The summed E-state index contributed by atoms with van der Waals surface area (Å²) < 4.78 is 16.4. The van der Waals surface area contributed by atoms with Crippen LogP contribution in [0.2, 0.25) is 5.02 Å². The summed E-state index contributed by atoms with van der Waals surface area (Å²) in [6.45, 7) is 1.25. The Hall–Kier alpha value is -2.30. The van der Waals surface area contributed by atoms with Crippen molar-refractivity contribution in [3.8, 4) is 11.5 Å². The number of Topliss-reactive ketones (excluding diaryl/α,β-unsaturated/α-hetero) is 1. The Morgan fingerprint density at radius 2 is 2.09 bits per heavy atom. The van der Waals surface area contributed by atoms with Crippen LogP contribution in [0.3, 0.4) is 0 Å². The Morgan fingerprint density at radius 1 is 1.26 bits per heavy atom. The Kier molecular flexibility index (Phi) is 3.56. The lowest BCUT2D eigenvalue weighted by molar-refractivity contribution is 0.101. The molecule has 2 aliphatic heterocycles. The van der Waals surface area contributed by atoms with E-state index >= 15 is 0 Å². The van der Waals surface area contributed by atoms with Gasteiger partial charge in [0.15, 0.2) is 5.76 Å². The minimum absolute atomic E-state index is 0.156. The normalized spacial score (nSPS) is 20.3. The molecular formula is C18H13ClO4. The first-order valence-electron chi connectivity index (χ1n) is 7.28. The Bertz CT molecular complexity index is 808. The maximum Gasteiger partial charge on any atom is 0.231 e. The van der Waals surface area contributed by atoms with Crippen LogP contribution < -0.4 is 9.47 Å². The van der Waals surface area contributed by atoms with Crippen molar-refractivity contribution >= 4 is 23.5 Å². The molecule has 2 aromatic carbocycles. The van der Waals surface area contributed by atoms with Crippen molar-refractivity contribution in [2.45, 2.75) is 6.10 Å². The van der Waals surface area contributed by atoms with Crippen LogP contribution >= 0.6 is 11.6 Å². The number of halogens is 1. The molecule has 1 fully saturated rings. The molecule has 5 heteroatoms. The fourth-order valence-corrected chi connectivity index (χ4v) is 2.53. The number of ketones is 1. The first-order valence-corrected chi connectivity index (χ1v) is 7.66. The van der Waals surface area contributed by atoms with Crippen LogP contribution in [-0.4, -0.2) is 25.1 Å². The number of carbonyl (C=O) groups is 1. The van der Waals surface area contributed by atoms with Gasteiger partial charge < -0.3 is 14.2 Å². The number of rotatable bonds is 4. The highest BCUT2D eigenvalue weighted by atomic mass is 35.5. The van der Waals surface area contributed by atoms with Crippen LogP contribution in [0.5, 0.6) is 11.5 Å². The first kappa shape index (κ1) is 14.3. The van der Waals surface area contributed by atoms with E-state index in [0.717, 1.165) is 12.2 Å². The van der Waals surface area contributed by atoms with Gasteiger partial charge in [-0.3, -0.25) is 4.79 Å². The van der Waals surface area contributed by atoms with Gasteiger partial charge in [0.1, 0.15) is 24.2 Å². The maximum absolute atomic E-state index is 12.4. The predicted molar refractivity (Wildman–Crippen MR) is 86.1 cm³/mol. The van der Waals surface area contributed by atoms with Crippen LogP contribution in [0.25, 0.3) is 6.08 Å². The van der Waals surface area contributed by atoms with Crippen molar-refractivity contribution in [3.63, 3.8) is 0 Å².